The molecule has 1 N–H and O–H groups in total. The first-order chi connectivity index (χ1) is 8.34. The molecule has 0 saturated carbocycles. The number of hydrogen-bond acceptors (Lipinski definition) is 3. The minimum Gasteiger partial charge on any atom is -0.492 e. The summed E-state index contributed by atoms with van der Waals surface area (Å²) in [6.07, 6.45) is 2.22. The molecule has 1 saturated heterocycles. The third-order valence-corrected chi connectivity index (χ3v) is 3.31. The number of benzene rings is 1. The fourth-order valence-corrected chi connectivity index (χ4v) is 2.27. The second kappa shape index (κ2) is 6.99. The summed E-state index contributed by atoms with van der Waals surface area (Å²) in [7, 11) is 0. The Hall–Kier alpha value is -0.580. The first kappa shape index (κ1) is 12.9. The molecule has 0 unspecified atom stereocenters. The van der Waals surface area contributed by atoms with E-state index in [9.17, 15) is 0 Å². The first-order valence-corrected chi connectivity index (χ1v) is 6.83. The predicted molar refractivity (Wildman–Crippen MR) is 71.5 cm³/mol. The van der Waals surface area contributed by atoms with Gasteiger partial charge in [0.2, 0.25) is 0 Å². The van der Waals surface area contributed by atoms with Gasteiger partial charge in [-0.3, -0.25) is 0 Å². The van der Waals surface area contributed by atoms with E-state index >= 15 is 0 Å². The van der Waals surface area contributed by atoms with Crippen LogP contribution in [0.15, 0.2) is 28.7 Å². The zero-order valence-corrected chi connectivity index (χ0v) is 11.4. The Kier molecular flexibility index (Phi) is 5.29. The first-order valence-electron chi connectivity index (χ1n) is 6.04. The van der Waals surface area contributed by atoms with Gasteiger partial charge in [0.1, 0.15) is 12.4 Å². The largest absolute Gasteiger partial charge is 0.492 e. The molecule has 94 valence electrons. The number of ether oxygens (including phenoxy) is 2. The van der Waals surface area contributed by atoms with Crippen LogP contribution in [0.2, 0.25) is 0 Å². The highest BCUT2D eigenvalue weighted by Crippen LogP contribution is 2.17. The molecule has 1 heterocycles. The van der Waals surface area contributed by atoms with E-state index in [-0.39, 0.29) is 0 Å². The van der Waals surface area contributed by atoms with Gasteiger partial charge in [0.15, 0.2) is 0 Å². The van der Waals surface area contributed by atoms with E-state index in [2.05, 4.69) is 21.2 Å². The molecule has 1 aromatic rings. The number of halogens is 1. The molecular weight excluding hydrogens is 282 g/mol. The van der Waals surface area contributed by atoms with E-state index in [1.54, 1.807) is 0 Å². The average molecular weight is 300 g/mol. The summed E-state index contributed by atoms with van der Waals surface area (Å²) in [6, 6.07) is 8.52. The molecule has 3 nitrogen and oxygen atoms in total. The Morgan fingerprint density at radius 3 is 2.94 bits per heavy atom. The zero-order chi connectivity index (χ0) is 11.9. The van der Waals surface area contributed by atoms with Crippen LogP contribution >= 0.6 is 15.9 Å². The highest BCUT2D eigenvalue weighted by Gasteiger charge is 2.12. The highest BCUT2D eigenvalue weighted by atomic mass is 79.9. The van der Waals surface area contributed by atoms with Crippen LogP contribution in [-0.2, 0) is 4.74 Å². The van der Waals surface area contributed by atoms with Crippen molar-refractivity contribution in [3.63, 3.8) is 0 Å². The van der Waals surface area contributed by atoms with Gasteiger partial charge in [0.25, 0.3) is 0 Å². The topological polar surface area (TPSA) is 30.5 Å². The lowest BCUT2D eigenvalue weighted by Crippen LogP contribution is -2.37. The van der Waals surface area contributed by atoms with Crippen molar-refractivity contribution < 1.29 is 9.47 Å². The maximum atomic E-state index is 5.65. The van der Waals surface area contributed by atoms with Gasteiger partial charge in [-0.2, -0.15) is 0 Å². The summed E-state index contributed by atoms with van der Waals surface area (Å²) in [5.41, 5.74) is 0. The quantitative estimate of drug-likeness (QED) is 0.848. The van der Waals surface area contributed by atoms with Crippen molar-refractivity contribution in [3.8, 4) is 5.75 Å². The lowest BCUT2D eigenvalue weighted by molar-refractivity contribution is 0.0770. The van der Waals surface area contributed by atoms with E-state index in [4.69, 9.17) is 9.47 Å². The zero-order valence-electron chi connectivity index (χ0n) is 9.82. The van der Waals surface area contributed by atoms with Gasteiger partial charge in [-0.25, -0.2) is 0 Å². The van der Waals surface area contributed by atoms with Gasteiger partial charge in [-0.05, 0) is 31.0 Å². The molecule has 17 heavy (non-hydrogen) atoms. The molecule has 0 spiro atoms. The van der Waals surface area contributed by atoms with Crippen molar-refractivity contribution in [1.29, 1.82) is 0 Å². The summed E-state index contributed by atoms with van der Waals surface area (Å²) < 4.78 is 12.0. The Labute approximate surface area is 111 Å². The van der Waals surface area contributed by atoms with Crippen LogP contribution in [0.3, 0.4) is 0 Å². The number of hydrogen-bond donors (Lipinski definition) is 1. The average Bonchev–Trinajstić information content (AvgIpc) is 2.36. The molecule has 0 atom stereocenters. The molecule has 1 aliphatic rings. The molecule has 0 radical (unpaired) electrons. The highest BCUT2D eigenvalue weighted by molar-refractivity contribution is 9.10. The predicted octanol–water partition coefficient (Wildman–Crippen LogP) is 2.60. The van der Waals surface area contributed by atoms with Gasteiger partial charge >= 0.3 is 0 Å². The van der Waals surface area contributed by atoms with Gasteiger partial charge in [-0.1, -0.05) is 22.0 Å². The van der Waals surface area contributed by atoms with Crippen molar-refractivity contribution in [2.45, 2.75) is 18.9 Å². The van der Waals surface area contributed by atoms with Crippen molar-refractivity contribution in [3.05, 3.63) is 28.7 Å². The molecule has 0 bridgehead atoms. The normalized spacial score (nSPS) is 17.0. The van der Waals surface area contributed by atoms with Gasteiger partial charge in [0, 0.05) is 30.3 Å². The van der Waals surface area contributed by atoms with Crippen molar-refractivity contribution >= 4 is 15.9 Å². The molecule has 4 heteroatoms. The molecule has 1 fully saturated rings. The van der Waals surface area contributed by atoms with Crippen LogP contribution in [-0.4, -0.2) is 32.4 Å². The Morgan fingerprint density at radius 1 is 1.35 bits per heavy atom. The van der Waals surface area contributed by atoms with Crippen LogP contribution in [0, 0.1) is 0 Å². The van der Waals surface area contributed by atoms with Crippen LogP contribution in [0.4, 0.5) is 0 Å². The number of nitrogens with one attached hydrogen (secondary N) is 1. The minimum atomic E-state index is 0.592. The summed E-state index contributed by atoms with van der Waals surface area (Å²) in [5.74, 6) is 0.910. The maximum absolute atomic E-state index is 5.65. The summed E-state index contributed by atoms with van der Waals surface area (Å²) in [4.78, 5) is 0. The third-order valence-electron chi connectivity index (χ3n) is 2.82. The molecule has 0 amide bonds. The summed E-state index contributed by atoms with van der Waals surface area (Å²) in [6.45, 7) is 3.35. The Balaban J connectivity index is 1.62. The lowest BCUT2D eigenvalue weighted by Gasteiger charge is -2.23. The van der Waals surface area contributed by atoms with Crippen LogP contribution in [0.1, 0.15) is 12.8 Å². The monoisotopic (exact) mass is 299 g/mol. The smallest absolute Gasteiger partial charge is 0.120 e. The number of rotatable bonds is 5. The second-order valence-corrected chi connectivity index (χ2v) is 5.06. The van der Waals surface area contributed by atoms with Gasteiger partial charge in [0.05, 0.1) is 0 Å². The second-order valence-electron chi connectivity index (χ2n) is 4.15. The Morgan fingerprint density at radius 2 is 2.18 bits per heavy atom. The molecule has 2 rings (SSSR count). The fraction of sp³-hybridized carbons (Fsp3) is 0.538. The van der Waals surface area contributed by atoms with Crippen LogP contribution in [0.5, 0.6) is 5.75 Å². The molecule has 1 aliphatic heterocycles. The van der Waals surface area contributed by atoms with E-state index < -0.39 is 0 Å². The van der Waals surface area contributed by atoms with Crippen molar-refractivity contribution in [1.82, 2.24) is 5.32 Å². The fourth-order valence-electron chi connectivity index (χ4n) is 1.89. The standard InChI is InChI=1S/C13H18BrNO2/c14-11-2-1-3-13(10-11)17-9-6-15-12-4-7-16-8-5-12/h1-3,10,12,15H,4-9H2. The van der Waals surface area contributed by atoms with Crippen LogP contribution < -0.4 is 10.1 Å². The third kappa shape index (κ3) is 4.66. The summed E-state index contributed by atoms with van der Waals surface area (Å²) >= 11 is 3.42. The van der Waals surface area contributed by atoms with E-state index in [1.165, 1.54) is 0 Å². The summed E-state index contributed by atoms with van der Waals surface area (Å²) in [5, 5.41) is 3.49. The maximum Gasteiger partial charge on any atom is 0.120 e. The van der Waals surface area contributed by atoms with Crippen molar-refractivity contribution in [2.24, 2.45) is 0 Å². The molecule has 0 aliphatic carbocycles. The van der Waals surface area contributed by atoms with E-state index in [1.807, 2.05) is 24.3 Å². The minimum absolute atomic E-state index is 0.592. The SMILES string of the molecule is Brc1cccc(OCCNC2CCOCC2)c1. The molecule has 1 aromatic carbocycles. The Bertz CT molecular complexity index is 340. The lowest BCUT2D eigenvalue weighted by atomic mass is 10.1. The van der Waals surface area contributed by atoms with E-state index in [0.29, 0.717) is 12.6 Å². The van der Waals surface area contributed by atoms with E-state index in [0.717, 1.165) is 42.8 Å². The van der Waals surface area contributed by atoms with Gasteiger partial charge < -0.3 is 14.8 Å². The van der Waals surface area contributed by atoms with Crippen molar-refractivity contribution in [2.75, 3.05) is 26.4 Å². The molecule has 0 aromatic heterocycles. The molecular formula is C13H18BrNO2. The van der Waals surface area contributed by atoms with Gasteiger partial charge in [-0.15, -0.1) is 0 Å². The van der Waals surface area contributed by atoms with Crippen LogP contribution in [0.25, 0.3) is 0 Å².